The van der Waals surface area contributed by atoms with Gasteiger partial charge in [-0.25, -0.2) is 17.9 Å². The molecule has 0 amide bonds. The van der Waals surface area contributed by atoms with E-state index in [1.165, 1.54) is 19.1 Å². The van der Waals surface area contributed by atoms with Gasteiger partial charge in [0.1, 0.15) is 0 Å². The van der Waals surface area contributed by atoms with Gasteiger partial charge in [0.25, 0.3) is 0 Å². The van der Waals surface area contributed by atoms with E-state index in [1.54, 1.807) is 0 Å². The van der Waals surface area contributed by atoms with E-state index in [9.17, 15) is 18.3 Å². The van der Waals surface area contributed by atoms with E-state index in [4.69, 9.17) is 16.3 Å². The molecule has 0 radical (unpaired) electrons. The monoisotopic (exact) mass is 388 g/mol. The normalized spacial score (nSPS) is 23.8. The molecule has 2 aliphatic rings. The Bertz CT molecular complexity index is 771. The number of likely N-dealkylation sites (tertiary alicyclic amines) is 1. The van der Waals surface area contributed by atoms with Crippen LogP contribution in [0.15, 0.2) is 17.0 Å². The number of nitrogens with one attached hydrogen (secondary N) is 1. The first-order chi connectivity index (χ1) is 11.8. The molecule has 0 aromatic heterocycles. The van der Waals surface area contributed by atoms with Gasteiger partial charge >= 0.3 is 5.97 Å². The summed E-state index contributed by atoms with van der Waals surface area (Å²) >= 11 is 5.89. The van der Waals surface area contributed by atoms with Crippen LogP contribution in [0.3, 0.4) is 0 Å². The summed E-state index contributed by atoms with van der Waals surface area (Å²) in [5.41, 5.74) is 0.0615. The molecule has 9 heteroatoms. The lowest BCUT2D eigenvalue weighted by Crippen LogP contribution is -2.45. The van der Waals surface area contributed by atoms with Crippen LogP contribution in [0.25, 0.3) is 0 Å². The minimum Gasteiger partial charge on any atom is -0.478 e. The standard InChI is InChI=1S/C16H21ClN2O5S/c1-10-14(16(20)21)6-11(17)7-15(10)25(22,23)18-4-5-19-8-12-2-3-13(9-19)24-12/h6-7,12-13,18H,2-5,8-9H2,1H3,(H,20,21). The first-order valence-electron chi connectivity index (χ1n) is 8.17. The molecule has 1 aromatic carbocycles. The summed E-state index contributed by atoms with van der Waals surface area (Å²) in [6, 6.07) is 2.53. The molecule has 2 heterocycles. The van der Waals surface area contributed by atoms with E-state index in [0.717, 1.165) is 25.9 Å². The Hall–Kier alpha value is -1.19. The van der Waals surface area contributed by atoms with Gasteiger partial charge < -0.3 is 9.84 Å². The molecule has 138 valence electrons. The van der Waals surface area contributed by atoms with Crippen LogP contribution in [0.5, 0.6) is 0 Å². The molecular formula is C16H21ClN2O5S. The second kappa shape index (κ2) is 7.20. The molecule has 25 heavy (non-hydrogen) atoms. The zero-order valence-corrected chi connectivity index (χ0v) is 15.4. The second-order valence-electron chi connectivity index (χ2n) is 6.50. The van der Waals surface area contributed by atoms with Gasteiger partial charge in [-0.15, -0.1) is 0 Å². The van der Waals surface area contributed by atoms with Gasteiger partial charge in [0.15, 0.2) is 0 Å². The smallest absolute Gasteiger partial charge is 0.336 e. The van der Waals surface area contributed by atoms with Crippen molar-refractivity contribution in [1.29, 1.82) is 0 Å². The lowest BCUT2D eigenvalue weighted by atomic mass is 10.1. The lowest BCUT2D eigenvalue weighted by molar-refractivity contribution is -0.0373. The first-order valence-corrected chi connectivity index (χ1v) is 10.0. The third-order valence-corrected chi connectivity index (χ3v) is 6.49. The topological polar surface area (TPSA) is 95.9 Å². The average molecular weight is 389 g/mol. The van der Waals surface area contributed by atoms with Crippen molar-refractivity contribution >= 4 is 27.6 Å². The Kier molecular flexibility index (Phi) is 5.36. The largest absolute Gasteiger partial charge is 0.478 e. The average Bonchev–Trinajstić information content (AvgIpc) is 2.87. The van der Waals surface area contributed by atoms with Gasteiger partial charge in [-0.3, -0.25) is 4.90 Å². The molecule has 1 aromatic rings. The molecule has 2 N–H and O–H groups in total. The zero-order valence-electron chi connectivity index (χ0n) is 13.9. The Labute approximate surface area is 152 Å². The minimum absolute atomic E-state index is 0.0770. The molecule has 2 unspecified atom stereocenters. The van der Waals surface area contributed by atoms with Crippen molar-refractivity contribution in [2.75, 3.05) is 26.2 Å². The van der Waals surface area contributed by atoms with E-state index in [0.29, 0.717) is 6.54 Å². The highest BCUT2D eigenvalue weighted by atomic mass is 35.5. The summed E-state index contributed by atoms with van der Waals surface area (Å²) in [5, 5.41) is 9.27. The van der Waals surface area contributed by atoms with Crippen LogP contribution in [0.4, 0.5) is 0 Å². The number of ether oxygens (including phenoxy) is 1. The number of nitrogens with zero attached hydrogens (tertiary/aromatic N) is 1. The zero-order chi connectivity index (χ0) is 18.2. The second-order valence-corrected chi connectivity index (χ2v) is 8.67. The maximum atomic E-state index is 12.6. The molecule has 2 aliphatic heterocycles. The fraction of sp³-hybridized carbons (Fsp3) is 0.562. The summed E-state index contributed by atoms with van der Waals surface area (Å²) in [5.74, 6) is -1.21. The lowest BCUT2D eigenvalue weighted by Gasteiger charge is -2.31. The molecule has 2 atom stereocenters. The van der Waals surface area contributed by atoms with Gasteiger partial charge in [-0.1, -0.05) is 11.6 Å². The molecule has 2 fully saturated rings. The van der Waals surface area contributed by atoms with E-state index in [2.05, 4.69) is 9.62 Å². The molecule has 0 aliphatic carbocycles. The molecule has 7 nitrogen and oxygen atoms in total. The Balaban J connectivity index is 1.67. The highest BCUT2D eigenvalue weighted by Gasteiger charge is 2.33. The Morgan fingerprint density at radius 1 is 1.36 bits per heavy atom. The highest BCUT2D eigenvalue weighted by Crippen LogP contribution is 2.26. The quantitative estimate of drug-likeness (QED) is 0.766. The number of benzene rings is 1. The molecule has 2 bridgehead atoms. The predicted molar refractivity (Wildman–Crippen MR) is 92.7 cm³/mol. The van der Waals surface area contributed by atoms with Crippen LogP contribution in [-0.2, 0) is 14.8 Å². The van der Waals surface area contributed by atoms with Crippen molar-refractivity contribution in [2.45, 2.75) is 36.9 Å². The van der Waals surface area contributed by atoms with Crippen molar-refractivity contribution in [3.8, 4) is 0 Å². The third-order valence-electron chi connectivity index (χ3n) is 4.68. The van der Waals surface area contributed by atoms with Crippen molar-refractivity contribution in [2.24, 2.45) is 0 Å². The summed E-state index contributed by atoms with van der Waals surface area (Å²) in [6.07, 6.45) is 2.63. The number of aromatic carboxylic acids is 1. The van der Waals surface area contributed by atoms with Gasteiger partial charge in [-0.05, 0) is 37.5 Å². The van der Waals surface area contributed by atoms with E-state index >= 15 is 0 Å². The number of carboxylic acids is 1. The number of rotatable bonds is 6. The number of hydrogen-bond acceptors (Lipinski definition) is 5. The van der Waals surface area contributed by atoms with Crippen LogP contribution in [0.2, 0.25) is 5.02 Å². The fourth-order valence-corrected chi connectivity index (χ4v) is 5.05. The number of fused-ring (bicyclic) bond motifs is 2. The summed E-state index contributed by atoms with van der Waals surface area (Å²) in [7, 11) is -3.84. The van der Waals surface area contributed by atoms with Crippen LogP contribution >= 0.6 is 11.6 Å². The number of carboxylic acid groups (broad SMARTS) is 1. The fourth-order valence-electron chi connectivity index (χ4n) is 3.45. The third kappa shape index (κ3) is 4.15. The maximum absolute atomic E-state index is 12.6. The summed E-state index contributed by atoms with van der Waals surface area (Å²) < 4.78 is 33.4. The Morgan fingerprint density at radius 3 is 2.60 bits per heavy atom. The van der Waals surface area contributed by atoms with Crippen LogP contribution in [0, 0.1) is 6.92 Å². The predicted octanol–water partition coefficient (Wildman–Crippen LogP) is 1.49. The van der Waals surface area contributed by atoms with Crippen molar-refractivity contribution in [3.63, 3.8) is 0 Å². The highest BCUT2D eigenvalue weighted by molar-refractivity contribution is 7.89. The number of halogens is 1. The minimum atomic E-state index is -3.84. The first kappa shape index (κ1) is 18.6. The number of hydrogen-bond donors (Lipinski definition) is 2. The Morgan fingerprint density at radius 2 is 2.00 bits per heavy atom. The SMILES string of the molecule is Cc1c(C(=O)O)cc(Cl)cc1S(=O)(=O)NCCN1CC2CCC(C1)O2. The van der Waals surface area contributed by atoms with Crippen molar-refractivity contribution in [3.05, 3.63) is 28.3 Å². The summed E-state index contributed by atoms with van der Waals surface area (Å²) in [4.78, 5) is 13.3. The van der Waals surface area contributed by atoms with E-state index in [1.807, 2.05) is 0 Å². The molecular weight excluding hydrogens is 368 g/mol. The van der Waals surface area contributed by atoms with Crippen LogP contribution in [-0.4, -0.2) is 62.8 Å². The molecule has 2 saturated heterocycles. The van der Waals surface area contributed by atoms with E-state index < -0.39 is 16.0 Å². The number of morpholine rings is 1. The van der Waals surface area contributed by atoms with Crippen molar-refractivity contribution < 1.29 is 23.1 Å². The van der Waals surface area contributed by atoms with Crippen LogP contribution in [0.1, 0.15) is 28.8 Å². The maximum Gasteiger partial charge on any atom is 0.336 e. The number of carbonyl (C=O) groups is 1. The van der Waals surface area contributed by atoms with Crippen molar-refractivity contribution in [1.82, 2.24) is 9.62 Å². The number of sulfonamides is 1. The van der Waals surface area contributed by atoms with E-state index in [-0.39, 0.29) is 39.8 Å². The molecule has 3 rings (SSSR count). The summed E-state index contributed by atoms with van der Waals surface area (Å²) in [6.45, 7) is 3.93. The molecule has 0 spiro atoms. The molecule has 0 saturated carbocycles. The van der Waals surface area contributed by atoms with Gasteiger partial charge in [0.2, 0.25) is 10.0 Å². The van der Waals surface area contributed by atoms with Gasteiger partial charge in [0, 0.05) is 31.2 Å². The van der Waals surface area contributed by atoms with Crippen LogP contribution < -0.4 is 4.72 Å². The van der Waals surface area contributed by atoms with Gasteiger partial charge in [0.05, 0.1) is 22.7 Å². The van der Waals surface area contributed by atoms with Gasteiger partial charge in [-0.2, -0.15) is 0 Å².